The van der Waals surface area contributed by atoms with Crippen LogP contribution in [0.25, 0.3) is 0 Å². The lowest BCUT2D eigenvalue weighted by molar-refractivity contribution is 0.0940. The molecule has 0 unspecified atom stereocenters. The molecule has 21 heavy (non-hydrogen) atoms. The minimum absolute atomic E-state index is 0.108. The van der Waals surface area contributed by atoms with E-state index >= 15 is 0 Å². The molecule has 0 aliphatic heterocycles. The van der Waals surface area contributed by atoms with Crippen molar-refractivity contribution in [1.82, 2.24) is 5.32 Å². The highest BCUT2D eigenvalue weighted by Crippen LogP contribution is 2.19. The number of amides is 1. The van der Waals surface area contributed by atoms with E-state index in [1.807, 2.05) is 44.2 Å². The van der Waals surface area contributed by atoms with Gasteiger partial charge in [0.2, 0.25) is 0 Å². The fourth-order valence-corrected chi connectivity index (χ4v) is 2.12. The van der Waals surface area contributed by atoms with E-state index in [0.29, 0.717) is 11.3 Å². The zero-order valence-electron chi connectivity index (χ0n) is 12.5. The molecule has 0 heterocycles. The summed E-state index contributed by atoms with van der Waals surface area (Å²) in [5.41, 5.74) is 8.88. The van der Waals surface area contributed by atoms with Crippen molar-refractivity contribution in [2.24, 2.45) is 0 Å². The first-order chi connectivity index (χ1) is 10.0. The average Bonchev–Trinajstić information content (AvgIpc) is 2.49. The molecule has 1 amide bonds. The second-order valence-corrected chi connectivity index (χ2v) is 5.06. The van der Waals surface area contributed by atoms with Gasteiger partial charge in [0, 0.05) is 5.69 Å². The van der Waals surface area contributed by atoms with Gasteiger partial charge in [-0.1, -0.05) is 23.8 Å². The average molecular weight is 284 g/mol. The van der Waals surface area contributed by atoms with Gasteiger partial charge in [-0.2, -0.15) is 0 Å². The molecule has 0 aromatic heterocycles. The zero-order valence-corrected chi connectivity index (χ0v) is 12.5. The van der Waals surface area contributed by atoms with Crippen molar-refractivity contribution in [3.05, 3.63) is 59.2 Å². The monoisotopic (exact) mass is 284 g/mol. The van der Waals surface area contributed by atoms with E-state index in [1.165, 1.54) is 0 Å². The summed E-state index contributed by atoms with van der Waals surface area (Å²) < 4.78 is 5.12. The van der Waals surface area contributed by atoms with Crippen molar-refractivity contribution in [1.29, 1.82) is 0 Å². The number of hydrogen-bond donors (Lipinski definition) is 2. The van der Waals surface area contributed by atoms with Crippen molar-refractivity contribution in [2.45, 2.75) is 19.9 Å². The van der Waals surface area contributed by atoms with Crippen LogP contribution in [0.1, 0.15) is 34.5 Å². The smallest absolute Gasteiger partial charge is 0.253 e. The molecule has 0 aliphatic rings. The van der Waals surface area contributed by atoms with Gasteiger partial charge in [0.25, 0.3) is 5.91 Å². The SMILES string of the molecule is COc1ccc([C@@H](C)NC(=O)c2cc(C)ccc2N)cc1. The van der Waals surface area contributed by atoms with Crippen molar-refractivity contribution in [3.63, 3.8) is 0 Å². The van der Waals surface area contributed by atoms with Crippen LogP contribution in [0.4, 0.5) is 5.69 Å². The third-order valence-corrected chi connectivity index (χ3v) is 3.42. The molecule has 0 radical (unpaired) electrons. The predicted molar refractivity (Wildman–Crippen MR) is 84.5 cm³/mol. The number of rotatable bonds is 4. The lowest BCUT2D eigenvalue weighted by Gasteiger charge is -2.16. The summed E-state index contributed by atoms with van der Waals surface area (Å²) in [5, 5.41) is 2.96. The number of carbonyl (C=O) groups is 1. The fourth-order valence-electron chi connectivity index (χ4n) is 2.12. The number of ether oxygens (including phenoxy) is 1. The highest BCUT2D eigenvalue weighted by atomic mass is 16.5. The van der Waals surface area contributed by atoms with E-state index < -0.39 is 0 Å². The van der Waals surface area contributed by atoms with E-state index in [9.17, 15) is 4.79 Å². The Bertz CT molecular complexity index is 636. The number of nitrogens with one attached hydrogen (secondary N) is 1. The second-order valence-electron chi connectivity index (χ2n) is 5.06. The highest BCUT2D eigenvalue weighted by molar-refractivity contribution is 5.99. The molecule has 110 valence electrons. The quantitative estimate of drug-likeness (QED) is 0.848. The van der Waals surface area contributed by atoms with Gasteiger partial charge in [-0.25, -0.2) is 0 Å². The first-order valence-corrected chi connectivity index (χ1v) is 6.82. The summed E-state index contributed by atoms with van der Waals surface area (Å²) in [6.07, 6.45) is 0. The first-order valence-electron chi connectivity index (χ1n) is 6.82. The van der Waals surface area contributed by atoms with Gasteiger partial charge in [-0.3, -0.25) is 4.79 Å². The lowest BCUT2D eigenvalue weighted by atomic mass is 10.1. The van der Waals surface area contributed by atoms with Crippen molar-refractivity contribution in [2.75, 3.05) is 12.8 Å². The van der Waals surface area contributed by atoms with Gasteiger partial charge in [0.05, 0.1) is 18.7 Å². The summed E-state index contributed by atoms with van der Waals surface area (Å²) in [7, 11) is 1.63. The van der Waals surface area contributed by atoms with Gasteiger partial charge in [-0.15, -0.1) is 0 Å². The molecule has 0 fully saturated rings. The maximum Gasteiger partial charge on any atom is 0.253 e. The topological polar surface area (TPSA) is 64.3 Å². The van der Waals surface area contributed by atoms with Crippen LogP contribution in [0.5, 0.6) is 5.75 Å². The first kappa shape index (κ1) is 14.9. The standard InChI is InChI=1S/C17H20N2O2/c1-11-4-9-16(18)15(10-11)17(20)19-12(2)13-5-7-14(21-3)8-6-13/h4-10,12H,18H2,1-3H3,(H,19,20)/t12-/m1/s1. The molecule has 0 saturated heterocycles. The van der Waals surface area contributed by atoms with E-state index in [1.54, 1.807) is 19.2 Å². The summed E-state index contributed by atoms with van der Waals surface area (Å²) in [6.45, 7) is 3.87. The summed E-state index contributed by atoms with van der Waals surface area (Å²) in [4.78, 5) is 12.3. The zero-order chi connectivity index (χ0) is 15.4. The fraction of sp³-hybridized carbons (Fsp3) is 0.235. The van der Waals surface area contributed by atoms with E-state index in [2.05, 4.69) is 5.32 Å². The molecule has 0 spiro atoms. The highest BCUT2D eigenvalue weighted by Gasteiger charge is 2.14. The second kappa shape index (κ2) is 6.31. The van der Waals surface area contributed by atoms with Gasteiger partial charge in [-0.05, 0) is 43.7 Å². The number of carbonyl (C=O) groups excluding carboxylic acids is 1. The Morgan fingerprint density at radius 3 is 2.48 bits per heavy atom. The van der Waals surface area contributed by atoms with Crippen LogP contribution >= 0.6 is 0 Å². The van der Waals surface area contributed by atoms with Crippen LogP contribution < -0.4 is 15.8 Å². The molecule has 0 bridgehead atoms. The van der Waals surface area contributed by atoms with Gasteiger partial charge in [0.15, 0.2) is 0 Å². The number of hydrogen-bond acceptors (Lipinski definition) is 3. The van der Waals surface area contributed by atoms with Crippen LogP contribution in [0.2, 0.25) is 0 Å². The number of nitrogen functional groups attached to an aromatic ring is 1. The van der Waals surface area contributed by atoms with Crippen molar-refractivity contribution >= 4 is 11.6 Å². The summed E-state index contributed by atoms with van der Waals surface area (Å²) in [5.74, 6) is 0.625. The van der Waals surface area contributed by atoms with E-state index in [4.69, 9.17) is 10.5 Å². The normalized spacial score (nSPS) is 11.8. The molecule has 2 aromatic carbocycles. The third-order valence-electron chi connectivity index (χ3n) is 3.42. The molecule has 4 heteroatoms. The number of methoxy groups -OCH3 is 1. The van der Waals surface area contributed by atoms with Gasteiger partial charge in [0.1, 0.15) is 5.75 Å². The van der Waals surface area contributed by atoms with Gasteiger partial charge < -0.3 is 15.8 Å². The predicted octanol–water partition coefficient (Wildman–Crippen LogP) is 3.08. The number of benzene rings is 2. The Hall–Kier alpha value is -2.49. The molecule has 4 nitrogen and oxygen atoms in total. The van der Waals surface area contributed by atoms with Crippen molar-refractivity contribution < 1.29 is 9.53 Å². The van der Waals surface area contributed by atoms with Crippen LogP contribution in [-0.4, -0.2) is 13.0 Å². The molecular formula is C17H20N2O2. The molecule has 2 aromatic rings. The minimum atomic E-state index is -0.167. The van der Waals surface area contributed by atoms with E-state index in [-0.39, 0.29) is 11.9 Å². The van der Waals surface area contributed by atoms with Crippen molar-refractivity contribution in [3.8, 4) is 5.75 Å². The Morgan fingerprint density at radius 2 is 1.86 bits per heavy atom. The Balaban J connectivity index is 2.12. The largest absolute Gasteiger partial charge is 0.497 e. The number of anilines is 1. The minimum Gasteiger partial charge on any atom is -0.497 e. The van der Waals surface area contributed by atoms with E-state index in [0.717, 1.165) is 16.9 Å². The van der Waals surface area contributed by atoms with Gasteiger partial charge >= 0.3 is 0 Å². The Kier molecular flexibility index (Phi) is 4.48. The molecular weight excluding hydrogens is 264 g/mol. The molecule has 0 aliphatic carbocycles. The lowest BCUT2D eigenvalue weighted by Crippen LogP contribution is -2.27. The maximum atomic E-state index is 12.3. The molecule has 2 rings (SSSR count). The van der Waals surface area contributed by atoms with Crippen LogP contribution in [0.3, 0.4) is 0 Å². The maximum absolute atomic E-state index is 12.3. The summed E-state index contributed by atoms with van der Waals surface area (Å²) in [6, 6.07) is 12.9. The van der Waals surface area contributed by atoms with Crippen LogP contribution in [-0.2, 0) is 0 Å². The Morgan fingerprint density at radius 1 is 1.19 bits per heavy atom. The Labute approximate surface area is 124 Å². The summed E-state index contributed by atoms with van der Waals surface area (Å²) >= 11 is 0. The molecule has 3 N–H and O–H groups in total. The molecule has 0 saturated carbocycles. The molecule has 1 atom stereocenters. The number of nitrogens with two attached hydrogens (primary N) is 1. The number of aryl methyl sites for hydroxylation is 1. The van der Waals surface area contributed by atoms with Crippen LogP contribution in [0, 0.1) is 6.92 Å². The van der Waals surface area contributed by atoms with Crippen LogP contribution in [0.15, 0.2) is 42.5 Å². The third kappa shape index (κ3) is 3.54.